The summed E-state index contributed by atoms with van der Waals surface area (Å²) in [6.45, 7) is 7.48. The molecule has 4 nitrogen and oxygen atoms in total. The number of carbonyl (C=O) groups excluding carboxylic acids is 1. The molecule has 2 aromatic carbocycles. The zero-order valence-corrected chi connectivity index (χ0v) is 16.7. The zero-order chi connectivity index (χ0) is 19.0. The van der Waals surface area contributed by atoms with E-state index in [0.717, 1.165) is 33.9 Å². The molecule has 0 radical (unpaired) electrons. The van der Waals surface area contributed by atoms with Gasteiger partial charge in [0, 0.05) is 29.1 Å². The lowest BCUT2D eigenvalue weighted by Gasteiger charge is -2.26. The molecule has 2 amide bonds. The smallest absolute Gasteiger partial charge is 0.319 e. The van der Waals surface area contributed by atoms with E-state index in [4.69, 9.17) is 4.98 Å². The van der Waals surface area contributed by atoms with Crippen LogP contribution >= 0.6 is 11.3 Å². The first kappa shape index (κ1) is 17.7. The van der Waals surface area contributed by atoms with Crippen molar-refractivity contribution in [2.75, 3.05) is 11.9 Å². The number of carbonyl (C=O) groups is 1. The van der Waals surface area contributed by atoms with Gasteiger partial charge < -0.3 is 10.2 Å². The SMILES string of the molecule is Cc1ccc(-c2nc3c(s2)CN(C(=O)Nc2ccc(C)cc2C)CC3)cc1. The van der Waals surface area contributed by atoms with E-state index in [1.165, 1.54) is 16.0 Å². The molecule has 1 N–H and O–H groups in total. The Morgan fingerprint density at radius 2 is 1.81 bits per heavy atom. The summed E-state index contributed by atoms with van der Waals surface area (Å²) in [5.74, 6) is 0. The Labute approximate surface area is 163 Å². The van der Waals surface area contributed by atoms with Crippen LogP contribution in [-0.4, -0.2) is 22.5 Å². The van der Waals surface area contributed by atoms with Crippen LogP contribution in [0.5, 0.6) is 0 Å². The maximum absolute atomic E-state index is 12.7. The van der Waals surface area contributed by atoms with Crippen molar-refractivity contribution in [2.24, 2.45) is 0 Å². The summed E-state index contributed by atoms with van der Waals surface area (Å²) in [6.07, 6.45) is 0.804. The van der Waals surface area contributed by atoms with Crippen molar-refractivity contribution in [3.8, 4) is 10.6 Å². The standard InChI is InChI=1S/C22H23N3OS/c1-14-4-7-17(8-5-14)21-23-19-10-11-25(13-20(19)27-21)22(26)24-18-9-6-15(2)12-16(18)3/h4-9,12H,10-11,13H2,1-3H3,(H,24,26). The molecule has 1 aliphatic heterocycles. The number of hydrogen-bond donors (Lipinski definition) is 1. The number of thiazole rings is 1. The van der Waals surface area contributed by atoms with Crippen molar-refractivity contribution in [1.29, 1.82) is 0 Å². The molecule has 0 unspecified atom stereocenters. The molecule has 1 aliphatic rings. The molecule has 0 saturated heterocycles. The Morgan fingerprint density at radius 3 is 2.56 bits per heavy atom. The van der Waals surface area contributed by atoms with Gasteiger partial charge in [-0.2, -0.15) is 0 Å². The number of aryl methyl sites for hydroxylation is 3. The molecule has 138 valence electrons. The van der Waals surface area contributed by atoms with Crippen molar-refractivity contribution in [2.45, 2.75) is 33.7 Å². The molecule has 3 aromatic rings. The van der Waals surface area contributed by atoms with Gasteiger partial charge in [0.2, 0.25) is 0 Å². The molecule has 1 aromatic heterocycles. The number of aromatic nitrogens is 1. The van der Waals surface area contributed by atoms with Gasteiger partial charge in [0.25, 0.3) is 0 Å². The molecule has 5 heteroatoms. The average Bonchev–Trinajstić information content (AvgIpc) is 3.07. The van der Waals surface area contributed by atoms with Gasteiger partial charge in [-0.15, -0.1) is 11.3 Å². The maximum Gasteiger partial charge on any atom is 0.322 e. The lowest BCUT2D eigenvalue weighted by Crippen LogP contribution is -2.38. The van der Waals surface area contributed by atoms with Crippen LogP contribution < -0.4 is 5.32 Å². The third kappa shape index (κ3) is 3.74. The van der Waals surface area contributed by atoms with Crippen LogP contribution in [0, 0.1) is 20.8 Å². The highest BCUT2D eigenvalue weighted by Crippen LogP contribution is 2.32. The number of amides is 2. The highest BCUT2D eigenvalue weighted by atomic mass is 32.1. The quantitative estimate of drug-likeness (QED) is 0.656. The topological polar surface area (TPSA) is 45.2 Å². The van der Waals surface area contributed by atoms with Crippen LogP contribution in [0.2, 0.25) is 0 Å². The third-order valence-corrected chi connectivity index (χ3v) is 6.07. The van der Waals surface area contributed by atoms with Gasteiger partial charge >= 0.3 is 6.03 Å². The fraction of sp³-hybridized carbons (Fsp3) is 0.273. The summed E-state index contributed by atoms with van der Waals surface area (Å²) in [7, 11) is 0. The van der Waals surface area contributed by atoms with Crippen molar-refractivity contribution in [3.63, 3.8) is 0 Å². The van der Waals surface area contributed by atoms with E-state index in [1.54, 1.807) is 11.3 Å². The van der Waals surface area contributed by atoms with Gasteiger partial charge in [-0.3, -0.25) is 0 Å². The highest BCUT2D eigenvalue weighted by molar-refractivity contribution is 7.15. The zero-order valence-electron chi connectivity index (χ0n) is 15.9. The highest BCUT2D eigenvalue weighted by Gasteiger charge is 2.24. The van der Waals surface area contributed by atoms with Crippen molar-refractivity contribution >= 4 is 23.1 Å². The Bertz CT molecular complexity index is 991. The molecular weight excluding hydrogens is 354 g/mol. The summed E-state index contributed by atoms with van der Waals surface area (Å²) in [4.78, 5) is 20.6. The Hall–Kier alpha value is -2.66. The van der Waals surface area contributed by atoms with Crippen LogP contribution in [0.4, 0.5) is 10.5 Å². The number of nitrogens with one attached hydrogen (secondary N) is 1. The largest absolute Gasteiger partial charge is 0.322 e. The Balaban J connectivity index is 1.49. The lowest BCUT2D eigenvalue weighted by atomic mass is 10.1. The first-order chi connectivity index (χ1) is 13.0. The number of hydrogen-bond acceptors (Lipinski definition) is 3. The summed E-state index contributed by atoms with van der Waals surface area (Å²) >= 11 is 1.69. The van der Waals surface area contributed by atoms with Crippen LogP contribution in [-0.2, 0) is 13.0 Å². The first-order valence-electron chi connectivity index (χ1n) is 9.18. The number of rotatable bonds is 2. The number of urea groups is 1. The van der Waals surface area contributed by atoms with Gasteiger partial charge in [0.1, 0.15) is 5.01 Å². The summed E-state index contributed by atoms with van der Waals surface area (Å²) < 4.78 is 0. The summed E-state index contributed by atoms with van der Waals surface area (Å²) in [5, 5.41) is 4.09. The molecule has 4 rings (SSSR count). The number of benzene rings is 2. The number of nitrogens with zero attached hydrogens (tertiary/aromatic N) is 2. The molecule has 0 atom stereocenters. The first-order valence-corrected chi connectivity index (χ1v) is 10.00. The molecule has 0 fully saturated rings. The molecule has 27 heavy (non-hydrogen) atoms. The van der Waals surface area contributed by atoms with Gasteiger partial charge in [-0.25, -0.2) is 9.78 Å². The van der Waals surface area contributed by atoms with E-state index >= 15 is 0 Å². The molecule has 0 saturated carbocycles. The van der Waals surface area contributed by atoms with E-state index in [-0.39, 0.29) is 6.03 Å². The van der Waals surface area contributed by atoms with E-state index in [2.05, 4.69) is 49.5 Å². The molecular formula is C22H23N3OS. The fourth-order valence-electron chi connectivity index (χ4n) is 3.34. The van der Waals surface area contributed by atoms with Gasteiger partial charge in [0.05, 0.1) is 12.2 Å². The minimum atomic E-state index is -0.0436. The predicted molar refractivity (Wildman–Crippen MR) is 111 cm³/mol. The van der Waals surface area contributed by atoms with E-state index in [1.807, 2.05) is 24.0 Å². The van der Waals surface area contributed by atoms with Crippen molar-refractivity contribution in [3.05, 3.63) is 69.7 Å². The minimum absolute atomic E-state index is 0.0436. The normalized spacial score (nSPS) is 13.4. The summed E-state index contributed by atoms with van der Waals surface area (Å²) in [6, 6.07) is 14.5. The lowest BCUT2D eigenvalue weighted by molar-refractivity contribution is 0.207. The van der Waals surface area contributed by atoms with Gasteiger partial charge in [-0.05, 0) is 32.4 Å². The second kappa shape index (κ2) is 7.16. The number of fused-ring (bicyclic) bond motifs is 1. The molecule has 2 heterocycles. The van der Waals surface area contributed by atoms with Crippen molar-refractivity contribution < 1.29 is 4.79 Å². The Morgan fingerprint density at radius 1 is 1.07 bits per heavy atom. The van der Waals surface area contributed by atoms with Crippen LogP contribution in [0.25, 0.3) is 10.6 Å². The van der Waals surface area contributed by atoms with Gasteiger partial charge in [-0.1, -0.05) is 47.5 Å². The maximum atomic E-state index is 12.7. The summed E-state index contributed by atoms with van der Waals surface area (Å²) in [5.41, 5.74) is 6.68. The van der Waals surface area contributed by atoms with Crippen LogP contribution in [0.1, 0.15) is 27.3 Å². The molecule has 0 aliphatic carbocycles. The molecule has 0 bridgehead atoms. The van der Waals surface area contributed by atoms with Crippen molar-refractivity contribution in [1.82, 2.24) is 9.88 Å². The average molecular weight is 378 g/mol. The third-order valence-electron chi connectivity index (χ3n) is 4.94. The van der Waals surface area contributed by atoms with Crippen LogP contribution in [0.15, 0.2) is 42.5 Å². The number of anilines is 1. The second-order valence-electron chi connectivity index (χ2n) is 7.17. The Kier molecular flexibility index (Phi) is 4.70. The van der Waals surface area contributed by atoms with Crippen LogP contribution in [0.3, 0.4) is 0 Å². The monoisotopic (exact) mass is 377 g/mol. The second-order valence-corrected chi connectivity index (χ2v) is 8.26. The predicted octanol–water partition coefficient (Wildman–Crippen LogP) is 5.33. The fourth-order valence-corrected chi connectivity index (χ4v) is 4.47. The minimum Gasteiger partial charge on any atom is -0.319 e. The van der Waals surface area contributed by atoms with E-state index in [0.29, 0.717) is 13.1 Å². The molecule has 0 spiro atoms. The van der Waals surface area contributed by atoms with Gasteiger partial charge in [0.15, 0.2) is 0 Å². The van der Waals surface area contributed by atoms with E-state index < -0.39 is 0 Å². The van der Waals surface area contributed by atoms with E-state index in [9.17, 15) is 4.79 Å².